The molecule has 8 rings (SSSR count). The van der Waals surface area contributed by atoms with Gasteiger partial charge < -0.3 is 82.0 Å². The van der Waals surface area contributed by atoms with E-state index in [0.29, 0.717) is 51.4 Å². The summed E-state index contributed by atoms with van der Waals surface area (Å²) >= 11 is 0. The quantitative estimate of drug-likeness (QED) is 0.166. The molecule has 0 aromatic carbocycles. The zero-order valence-corrected chi connectivity index (χ0v) is 44.1. The van der Waals surface area contributed by atoms with Crippen LogP contribution in [0.25, 0.3) is 0 Å². The average Bonchev–Trinajstić information content (AvgIpc) is 4.01. The van der Waals surface area contributed by atoms with Gasteiger partial charge in [-0.05, 0) is 79.1 Å². The van der Waals surface area contributed by atoms with Crippen LogP contribution in [0.2, 0.25) is 0 Å². The second kappa shape index (κ2) is 21.1. The number of hydrogen-bond donors (Lipinski definition) is 4. The third kappa shape index (κ3) is 10.8. The van der Waals surface area contributed by atoms with E-state index < -0.39 is 108 Å². The van der Waals surface area contributed by atoms with Crippen LogP contribution in [0.4, 0.5) is 0 Å². The maximum absolute atomic E-state index is 12.3. The van der Waals surface area contributed by atoms with Crippen LogP contribution in [0, 0.1) is 29.6 Å². The van der Waals surface area contributed by atoms with Gasteiger partial charge in [0.2, 0.25) is 0 Å². The highest BCUT2D eigenvalue weighted by atomic mass is 16.7. The molecule has 0 aromatic heterocycles. The fourth-order valence-corrected chi connectivity index (χ4v) is 13.7. The lowest BCUT2D eigenvalue weighted by molar-refractivity contribution is -0.377. The number of aliphatic hydroxyl groups excluding tert-OH is 1. The largest absolute Gasteiger partial charge is 0.481 e. The predicted octanol–water partition coefficient (Wildman–Crippen LogP) is 5.60. The molecule has 0 aliphatic carbocycles. The SMILES string of the molecule is CO[C@@H]1[C@@H](O[C@H]2CC[C@H](OC)[C@@H](C)O2)[C@H](C)[C@@](O)(CC(=O)O)O[C@H]1[C@@H](C)[C@H]1O[C@@]2(CC[C@@](C)([C@H]3CC[C@@](C)([C@@H]4O[C@@H]([C@H]5O[C@](C)(O)[C@H](C)C[C@@H]5C)C[C@@H]4O[C@H]4CC[C@H](OC)[C@@H](C)O4)O3)O2)C[C@H](O)[C@H]1C. The molecule has 404 valence electrons. The highest BCUT2D eigenvalue weighted by Crippen LogP contribution is 2.55. The molecule has 8 aliphatic rings. The third-order valence-corrected chi connectivity index (χ3v) is 18.4. The number of aliphatic hydroxyl groups is 3. The van der Waals surface area contributed by atoms with Gasteiger partial charge in [0.1, 0.15) is 12.2 Å². The lowest BCUT2D eigenvalue weighted by Crippen LogP contribution is -2.66. The molecule has 8 aliphatic heterocycles. The Bertz CT molecular complexity index is 1770. The summed E-state index contributed by atoms with van der Waals surface area (Å²) in [6, 6.07) is 0. The first-order chi connectivity index (χ1) is 32.9. The summed E-state index contributed by atoms with van der Waals surface area (Å²) < 4.78 is 85.0. The van der Waals surface area contributed by atoms with E-state index in [0.717, 1.165) is 12.8 Å². The summed E-state index contributed by atoms with van der Waals surface area (Å²) in [6.45, 7) is 19.5. The molecule has 8 saturated heterocycles. The maximum Gasteiger partial charge on any atom is 0.308 e. The van der Waals surface area contributed by atoms with Crippen molar-refractivity contribution in [2.24, 2.45) is 29.6 Å². The molecule has 0 bridgehead atoms. The van der Waals surface area contributed by atoms with Gasteiger partial charge in [-0.15, -0.1) is 0 Å². The van der Waals surface area contributed by atoms with E-state index >= 15 is 0 Å². The Labute approximate surface area is 415 Å². The van der Waals surface area contributed by atoms with E-state index in [1.807, 2.05) is 34.6 Å². The minimum absolute atomic E-state index is 0.00895. The number of carboxylic acid groups (broad SMARTS) is 1. The first kappa shape index (κ1) is 55.1. The Balaban J connectivity index is 0.991. The van der Waals surface area contributed by atoms with Crippen LogP contribution in [-0.4, -0.2) is 174 Å². The molecule has 0 saturated carbocycles. The smallest absolute Gasteiger partial charge is 0.308 e. The van der Waals surface area contributed by atoms with Crippen molar-refractivity contribution in [3.8, 4) is 0 Å². The van der Waals surface area contributed by atoms with Gasteiger partial charge in [0, 0.05) is 77.1 Å². The van der Waals surface area contributed by atoms with Crippen LogP contribution < -0.4 is 0 Å². The fraction of sp³-hybridized carbons (Fsp3) is 0.981. The molecular weight excluding hydrogens is 913 g/mol. The van der Waals surface area contributed by atoms with Gasteiger partial charge in [-0.3, -0.25) is 4.79 Å². The summed E-state index contributed by atoms with van der Waals surface area (Å²) in [6.07, 6.45) is -1.47. The van der Waals surface area contributed by atoms with Gasteiger partial charge in [0.05, 0.1) is 90.9 Å². The topological polar surface area (TPSA) is 218 Å². The minimum Gasteiger partial charge on any atom is -0.481 e. The van der Waals surface area contributed by atoms with E-state index in [2.05, 4.69) is 20.8 Å². The number of carboxylic acids is 1. The maximum atomic E-state index is 12.3. The number of hydrogen-bond acceptors (Lipinski definition) is 17. The molecule has 1 spiro atoms. The van der Waals surface area contributed by atoms with Crippen LogP contribution in [0.1, 0.15) is 146 Å². The Morgan fingerprint density at radius 2 is 1.34 bits per heavy atom. The molecule has 8 fully saturated rings. The van der Waals surface area contributed by atoms with Crippen LogP contribution in [0.3, 0.4) is 0 Å². The van der Waals surface area contributed by atoms with Crippen LogP contribution in [0.5, 0.6) is 0 Å². The monoisotopic (exact) mass is 1000 g/mol. The Morgan fingerprint density at radius 1 is 0.700 bits per heavy atom. The van der Waals surface area contributed by atoms with E-state index in [9.17, 15) is 25.2 Å². The number of rotatable bonds is 14. The fourth-order valence-electron chi connectivity index (χ4n) is 13.7. The number of ether oxygens (including phenoxy) is 13. The van der Waals surface area contributed by atoms with E-state index in [4.69, 9.17) is 61.6 Å². The lowest BCUT2D eigenvalue weighted by atomic mass is 9.75. The minimum atomic E-state index is -2.12. The zero-order chi connectivity index (χ0) is 50.9. The van der Waals surface area contributed by atoms with Crippen molar-refractivity contribution in [3.63, 3.8) is 0 Å². The molecule has 0 radical (unpaired) electrons. The second-order valence-corrected chi connectivity index (χ2v) is 23.4. The van der Waals surface area contributed by atoms with E-state index in [1.54, 1.807) is 35.2 Å². The Kier molecular flexibility index (Phi) is 16.6. The molecule has 4 N–H and O–H groups in total. The molecular formula is C52H88O18. The van der Waals surface area contributed by atoms with Crippen molar-refractivity contribution in [2.45, 2.75) is 273 Å². The first-order valence-electron chi connectivity index (χ1n) is 26.5. The summed E-state index contributed by atoms with van der Waals surface area (Å²) in [5, 5.41) is 45.3. The third-order valence-electron chi connectivity index (χ3n) is 18.4. The molecule has 0 aromatic rings. The highest BCUT2D eigenvalue weighted by Gasteiger charge is 2.64. The summed E-state index contributed by atoms with van der Waals surface area (Å²) in [5.41, 5.74) is -1.59. The molecule has 70 heavy (non-hydrogen) atoms. The highest BCUT2D eigenvalue weighted by molar-refractivity contribution is 5.68. The van der Waals surface area contributed by atoms with Crippen molar-refractivity contribution < 1.29 is 86.8 Å². The summed E-state index contributed by atoms with van der Waals surface area (Å²) in [4.78, 5) is 12.3. The molecule has 26 atom stereocenters. The van der Waals surface area contributed by atoms with Crippen molar-refractivity contribution in [3.05, 3.63) is 0 Å². The zero-order valence-electron chi connectivity index (χ0n) is 44.1. The number of aliphatic carboxylic acids is 1. The van der Waals surface area contributed by atoms with Crippen molar-refractivity contribution in [1.29, 1.82) is 0 Å². The number of carbonyl (C=O) groups is 1. The van der Waals surface area contributed by atoms with Gasteiger partial charge in [-0.25, -0.2) is 0 Å². The van der Waals surface area contributed by atoms with Crippen molar-refractivity contribution in [2.75, 3.05) is 21.3 Å². The molecule has 18 heteroatoms. The van der Waals surface area contributed by atoms with Crippen molar-refractivity contribution in [1.82, 2.24) is 0 Å². The van der Waals surface area contributed by atoms with Crippen LogP contribution >= 0.6 is 0 Å². The Morgan fingerprint density at radius 3 is 1.94 bits per heavy atom. The lowest BCUT2D eigenvalue weighted by Gasteiger charge is -2.54. The van der Waals surface area contributed by atoms with Crippen molar-refractivity contribution >= 4 is 5.97 Å². The average molecular weight is 1000 g/mol. The Hall–Kier alpha value is -1.17. The second-order valence-electron chi connectivity index (χ2n) is 23.4. The van der Waals surface area contributed by atoms with E-state index in [1.165, 1.54) is 0 Å². The number of methoxy groups -OCH3 is 3. The summed E-state index contributed by atoms with van der Waals surface area (Å²) in [5.74, 6) is -7.48. The standard InChI is InChI=1S/C52H88O18/c1-26-22-27(2)50(10,56)67-42(26)36-23-37(63-40-16-14-34(58-11)31(6)61-40)47(64-36)49(9)19-18-38(66-49)48(8)20-21-51(70-48)24-33(53)28(3)43(68-51)29(4)44-46(60-13)45(30(5)52(57,69-44)25-39(54)55)65-41-17-15-35(59-12)32(7)62-41/h26-38,40-47,53,56-57H,14-25H2,1-13H3,(H,54,55)/t26-,27+,28+,29-,30-,31+,32+,33-,34-,35-,36+,37-,38+,40-,41-,42-,43-,44-,45-,46-,47+,48-,49-,50-,51+,52+/m0/s1. The van der Waals surface area contributed by atoms with Gasteiger partial charge >= 0.3 is 5.97 Å². The molecule has 0 unspecified atom stereocenters. The van der Waals surface area contributed by atoms with Crippen LogP contribution in [-0.2, 0) is 66.4 Å². The molecule has 18 nitrogen and oxygen atoms in total. The van der Waals surface area contributed by atoms with Gasteiger partial charge in [0.25, 0.3) is 0 Å². The normalized spacial score (nSPS) is 53.9. The summed E-state index contributed by atoms with van der Waals surface area (Å²) in [7, 11) is 4.91. The van der Waals surface area contributed by atoms with Gasteiger partial charge in [-0.1, -0.05) is 34.6 Å². The van der Waals surface area contributed by atoms with Crippen LogP contribution in [0.15, 0.2) is 0 Å². The van der Waals surface area contributed by atoms with E-state index in [-0.39, 0.29) is 67.1 Å². The molecule has 0 amide bonds. The van der Waals surface area contributed by atoms with Gasteiger partial charge in [-0.2, -0.15) is 0 Å². The first-order valence-corrected chi connectivity index (χ1v) is 26.5. The molecule has 8 heterocycles. The predicted molar refractivity (Wildman–Crippen MR) is 250 cm³/mol. The van der Waals surface area contributed by atoms with Gasteiger partial charge in [0.15, 0.2) is 29.9 Å².